The zero-order chi connectivity index (χ0) is 16.4. The normalized spacial score (nSPS) is 12.1. The van der Waals surface area contributed by atoms with Gasteiger partial charge in [0.2, 0.25) is 0 Å². The van der Waals surface area contributed by atoms with Gasteiger partial charge in [-0.15, -0.1) is 4.73 Å². The fourth-order valence-corrected chi connectivity index (χ4v) is 2.69. The van der Waals surface area contributed by atoms with Crippen LogP contribution in [0.4, 0.5) is 0 Å². The van der Waals surface area contributed by atoms with Gasteiger partial charge >= 0.3 is 0 Å². The van der Waals surface area contributed by atoms with E-state index in [-0.39, 0.29) is 5.69 Å². The molecule has 1 aromatic heterocycles. The van der Waals surface area contributed by atoms with Gasteiger partial charge in [-0.1, -0.05) is 54.6 Å². The number of nitrogens with zero attached hydrogens (tertiary/aromatic N) is 1. The fraction of sp³-hybridized carbons (Fsp3) is 0.105. The third-order valence-electron chi connectivity index (χ3n) is 3.80. The smallest absolute Gasteiger partial charge is 0.283 e. The van der Waals surface area contributed by atoms with E-state index in [1.54, 1.807) is 19.1 Å². The zero-order valence-corrected chi connectivity index (χ0v) is 12.7. The van der Waals surface area contributed by atoms with E-state index in [0.717, 1.165) is 11.1 Å². The minimum Gasteiger partial charge on any atom is -0.425 e. The first-order valence-corrected chi connectivity index (χ1v) is 7.33. The molecule has 23 heavy (non-hydrogen) atoms. The topological polar surface area (TPSA) is 62.5 Å². The van der Waals surface area contributed by atoms with E-state index in [0.29, 0.717) is 15.9 Å². The number of aliphatic hydroxyl groups is 1. The third-order valence-corrected chi connectivity index (χ3v) is 3.80. The van der Waals surface area contributed by atoms with Crippen molar-refractivity contribution >= 4 is 0 Å². The summed E-state index contributed by atoms with van der Waals surface area (Å²) in [6.07, 6.45) is -1.11. The van der Waals surface area contributed by atoms with Gasteiger partial charge in [-0.3, -0.25) is 4.79 Å². The van der Waals surface area contributed by atoms with Gasteiger partial charge in [0.05, 0.1) is 5.69 Å². The van der Waals surface area contributed by atoms with Crippen molar-refractivity contribution in [2.24, 2.45) is 0 Å². The Morgan fingerprint density at radius 1 is 0.957 bits per heavy atom. The number of pyridine rings is 1. The van der Waals surface area contributed by atoms with E-state index in [1.807, 2.05) is 48.5 Å². The summed E-state index contributed by atoms with van der Waals surface area (Å²) < 4.78 is 0.499. The zero-order valence-electron chi connectivity index (χ0n) is 12.7. The molecular formula is C19H17NO3. The van der Waals surface area contributed by atoms with Crippen LogP contribution in [0.5, 0.6) is 0 Å². The van der Waals surface area contributed by atoms with E-state index in [4.69, 9.17) is 0 Å². The van der Waals surface area contributed by atoms with Crippen LogP contribution < -0.4 is 5.56 Å². The Morgan fingerprint density at radius 3 is 2.35 bits per heavy atom. The Morgan fingerprint density at radius 2 is 1.61 bits per heavy atom. The molecule has 116 valence electrons. The van der Waals surface area contributed by atoms with E-state index in [1.165, 1.54) is 6.07 Å². The summed E-state index contributed by atoms with van der Waals surface area (Å²) >= 11 is 0. The molecule has 0 bridgehead atoms. The average molecular weight is 307 g/mol. The Balaban J connectivity index is 2.15. The molecular weight excluding hydrogens is 290 g/mol. The van der Waals surface area contributed by atoms with Crippen molar-refractivity contribution in [2.45, 2.75) is 13.0 Å². The van der Waals surface area contributed by atoms with Crippen LogP contribution in [0.1, 0.15) is 22.9 Å². The van der Waals surface area contributed by atoms with Crippen molar-refractivity contribution < 1.29 is 10.3 Å². The lowest BCUT2D eigenvalue weighted by atomic mass is 9.94. The molecule has 0 saturated carbocycles. The van der Waals surface area contributed by atoms with E-state index in [2.05, 4.69) is 0 Å². The van der Waals surface area contributed by atoms with Gasteiger partial charge in [0.1, 0.15) is 6.10 Å². The van der Waals surface area contributed by atoms with Crippen LogP contribution in [-0.4, -0.2) is 15.0 Å². The Labute approximate surface area is 133 Å². The van der Waals surface area contributed by atoms with Crippen molar-refractivity contribution in [1.82, 2.24) is 4.73 Å². The van der Waals surface area contributed by atoms with Gasteiger partial charge in [0, 0.05) is 6.07 Å². The standard InChI is InChI=1S/C19H17NO3/c1-13-11-17(20(23)18(21)12-13)19(22)16-10-6-5-9-15(16)14-7-3-2-4-8-14/h2-12,19,22-23H,1H3. The molecule has 4 nitrogen and oxygen atoms in total. The number of aromatic nitrogens is 1. The summed E-state index contributed by atoms with van der Waals surface area (Å²) in [6, 6.07) is 20.0. The van der Waals surface area contributed by atoms with Crippen LogP contribution >= 0.6 is 0 Å². The van der Waals surface area contributed by atoms with Crippen molar-refractivity contribution in [1.29, 1.82) is 0 Å². The van der Waals surface area contributed by atoms with E-state index < -0.39 is 11.7 Å². The Hall–Kier alpha value is -2.85. The Bertz CT molecular complexity index is 885. The number of rotatable bonds is 3. The second kappa shape index (κ2) is 6.10. The van der Waals surface area contributed by atoms with Gasteiger partial charge in [0.15, 0.2) is 0 Å². The second-order valence-corrected chi connectivity index (χ2v) is 5.46. The average Bonchev–Trinajstić information content (AvgIpc) is 2.58. The van der Waals surface area contributed by atoms with Gasteiger partial charge in [0.25, 0.3) is 5.56 Å². The quantitative estimate of drug-likeness (QED) is 0.731. The van der Waals surface area contributed by atoms with Crippen LogP contribution in [0.25, 0.3) is 11.1 Å². The minimum atomic E-state index is -1.11. The van der Waals surface area contributed by atoms with Crippen molar-refractivity contribution in [3.63, 3.8) is 0 Å². The SMILES string of the molecule is Cc1cc(C(O)c2ccccc2-c2ccccc2)n(O)c(=O)c1. The molecule has 0 radical (unpaired) electrons. The lowest BCUT2D eigenvalue weighted by Gasteiger charge is -2.18. The van der Waals surface area contributed by atoms with Crippen LogP contribution in [0.2, 0.25) is 0 Å². The van der Waals surface area contributed by atoms with Crippen molar-refractivity contribution in [2.75, 3.05) is 0 Å². The van der Waals surface area contributed by atoms with Gasteiger partial charge in [-0.05, 0) is 35.2 Å². The molecule has 2 N–H and O–H groups in total. The first-order valence-electron chi connectivity index (χ1n) is 7.33. The predicted octanol–water partition coefficient (Wildman–Crippen LogP) is 3.14. The molecule has 0 amide bonds. The molecule has 0 aliphatic carbocycles. The lowest BCUT2D eigenvalue weighted by Crippen LogP contribution is -2.23. The summed E-state index contributed by atoms with van der Waals surface area (Å²) in [5.41, 5.74) is 2.73. The van der Waals surface area contributed by atoms with Crippen molar-refractivity contribution in [3.05, 3.63) is 93.9 Å². The highest BCUT2D eigenvalue weighted by Gasteiger charge is 2.19. The van der Waals surface area contributed by atoms with Crippen LogP contribution in [0.3, 0.4) is 0 Å². The molecule has 0 saturated heterocycles. The second-order valence-electron chi connectivity index (χ2n) is 5.46. The molecule has 2 aromatic carbocycles. The number of aliphatic hydroxyl groups excluding tert-OH is 1. The van der Waals surface area contributed by atoms with Crippen LogP contribution in [-0.2, 0) is 0 Å². The van der Waals surface area contributed by atoms with E-state index >= 15 is 0 Å². The minimum absolute atomic E-state index is 0.151. The highest BCUT2D eigenvalue weighted by atomic mass is 16.5. The molecule has 3 aromatic rings. The van der Waals surface area contributed by atoms with Gasteiger partial charge < -0.3 is 10.3 Å². The van der Waals surface area contributed by atoms with Gasteiger partial charge in [-0.2, -0.15) is 0 Å². The molecule has 0 spiro atoms. The first-order chi connectivity index (χ1) is 11.1. The highest BCUT2D eigenvalue weighted by molar-refractivity contribution is 5.68. The van der Waals surface area contributed by atoms with Crippen LogP contribution in [0.15, 0.2) is 71.5 Å². The molecule has 1 atom stereocenters. The first kappa shape index (κ1) is 15.1. The van der Waals surface area contributed by atoms with Gasteiger partial charge in [-0.25, -0.2) is 0 Å². The number of hydrogen-bond donors (Lipinski definition) is 2. The molecule has 0 aliphatic rings. The van der Waals surface area contributed by atoms with E-state index in [9.17, 15) is 15.1 Å². The highest BCUT2D eigenvalue weighted by Crippen LogP contribution is 2.31. The maximum absolute atomic E-state index is 11.8. The third kappa shape index (κ3) is 2.89. The lowest BCUT2D eigenvalue weighted by molar-refractivity contribution is 0.125. The molecule has 1 heterocycles. The maximum atomic E-state index is 11.8. The summed E-state index contributed by atoms with van der Waals surface area (Å²) in [5, 5.41) is 20.7. The molecule has 1 unspecified atom stereocenters. The molecule has 0 aliphatic heterocycles. The predicted molar refractivity (Wildman–Crippen MR) is 88.6 cm³/mol. The monoisotopic (exact) mass is 307 g/mol. The summed E-state index contributed by atoms with van der Waals surface area (Å²) in [4.78, 5) is 11.8. The fourth-order valence-electron chi connectivity index (χ4n) is 2.69. The summed E-state index contributed by atoms with van der Waals surface area (Å²) in [7, 11) is 0. The summed E-state index contributed by atoms with van der Waals surface area (Å²) in [5.74, 6) is 0. The number of benzene rings is 2. The van der Waals surface area contributed by atoms with Crippen LogP contribution in [0, 0.1) is 6.92 Å². The Kier molecular flexibility index (Phi) is 4.00. The molecule has 4 heteroatoms. The summed E-state index contributed by atoms with van der Waals surface area (Å²) in [6.45, 7) is 1.75. The number of aryl methyl sites for hydroxylation is 1. The van der Waals surface area contributed by atoms with Crippen molar-refractivity contribution in [3.8, 4) is 11.1 Å². The molecule has 3 rings (SSSR count). The largest absolute Gasteiger partial charge is 0.425 e. The number of hydrogen-bond acceptors (Lipinski definition) is 3. The molecule has 0 fully saturated rings. The maximum Gasteiger partial charge on any atom is 0.283 e.